The molecule has 0 spiro atoms. The Kier molecular flexibility index (Phi) is 5.67. The van der Waals surface area contributed by atoms with E-state index < -0.39 is 29.8 Å². The van der Waals surface area contributed by atoms with E-state index >= 15 is 0 Å². The van der Waals surface area contributed by atoms with Crippen LogP contribution in [0.3, 0.4) is 0 Å². The molecule has 0 saturated heterocycles. The highest BCUT2D eigenvalue weighted by atomic mass is 32.1. The summed E-state index contributed by atoms with van der Waals surface area (Å²) in [6, 6.07) is 13.7. The number of carbonyl (C=O) groups is 2. The Hall–Kier alpha value is -3.72. The van der Waals surface area contributed by atoms with Crippen molar-refractivity contribution in [2.24, 2.45) is 5.73 Å². The number of carbonyl (C=O) groups excluding carboxylic acids is 2. The zero-order valence-corrected chi connectivity index (χ0v) is 17.5. The van der Waals surface area contributed by atoms with Crippen molar-refractivity contribution in [3.05, 3.63) is 82.1 Å². The summed E-state index contributed by atoms with van der Waals surface area (Å²) in [5.41, 5.74) is 6.69. The molecule has 2 aromatic carbocycles. The smallest absolute Gasteiger partial charge is 0.280 e. The number of aromatic nitrogens is 1. The number of nitrogens with two attached hydrogens (primary N) is 1. The number of benzene rings is 2. The Balaban J connectivity index is 1.97. The van der Waals surface area contributed by atoms with Crippen LogP contribution in [-0.2, 0) is 0 Å². The maximum absolute atomic E-state index is 14.1. The van der Waals surface area contributed by atoms with Crippen LogP contribution >= 0.6 is 11.3 Å². The minimum Gasteiger partial charge on any atom is -0.365 e. The topological polar surface area (TPSA) is 85.1 Å². The van der Waals surface area contributed by atoms with Crippen molar-refractivity contribution < 1.29 is 22.8 Å². The summed E-state index contributed by atoms with van der Waals surface area (Å²) in [6.07, 6.45) is -2.85. The molecule has 162 valence electrons. The molecule has 0 unspecified atom stereocenters. The fraction of sp³-hybridized carbons (Fsp3) is 0.0870. The van der Waals surface area contributed by atoms with Gasteiger partial charge in [-0.3, -0.25) is 9.59 Å². The predicted molar refractivity (Wildman–Crippen MR) is 118 cm³/mol. The highest BCUT2D eigenvalue weighted by Gasteiger charge is 2.25. The number of aryl methyl sites for hydroxylation is 1. The zero-order chi connectivity index (χ0) is 23.0. The van der Waals surface area contributed by atoms with Crippen LogP contribution in [0.1, 0.15) is 37.7 Å². The molecular formula is C23H16F3N3O2S. The van der Waals surface area contributed by atoms with E-state index in [1.54, 1.807) is 12.1 Å². The highest BCUT2D eigenvalue weighted by Crippen LogP contribution is 2.42. The Morgan fingerprint density at radius 3 is 2.41 bits per heavy atom. The van der Waals surface area contributed by atoms with Crippen LogP contribution in [0.2, 0.25) is 0 Å². The molecule has 32 heavy (non-hydrogen) atoms. The molecule has 0 radical (unpaired) electrons. The molecule has 0 aliphatic carbocycles. The Labute approximate surface area is 184 Å². The summed E-state index contributed by atoms with van der Waals surface area (Å²) in [6.45, 7) is 1.88. The van der Waals surface area contributed by atoms with Crippen molar-refractivity contribution in [2.75, 3.05) is 5.32 Å². The minimum absolute atomic E-state index is 0.00893. The average Bonchev–Trinajstić information content (AvgIpc) is 3.12. The van der Waals surface area contributed by atoms with E-state index in [4.69, 9.17) is 5.73 Å². The average molecular weight is 455 g/mol. The predicted octanol–water partition coefficient (Wildman–Crippen LogP) is 5.70. The number of fused-ring (bicyclic) bond motifs is 1. The highest BCUT2D eigenvalue weighted by molar-refractivity contribution is 7.21. The van der Waals surface area contributed by atoms with Crippen molar-refractivity contribution in [3.63, 3.8) is 0 Å². The standard InChI is InChI=1S/C23H16F3N3O2S/c1-11-6-8-12(9-7-11)14-10-16(20(25)26)28-23-17(14)18(19(32-23)21(27)30)29-22(31)13-4-2-3-5-15(13)24/h2-10,20H,1H3,(H2,27,30)(H,29,31). The third-order valence-corrected chi connectivity index (χ3v) is 5.95. The van der Waals surface area contributed by atoms with Crippen LogP contribution < -0.4 is 11.1 Å². The first-order valence-electron chi connectivity index (χ1n) is 9.44. The number of primary amides is 1. The minimum atomic E-state index is -2.85. The van der Waals surface area contributed by atoms with Gasteiger partial charge >= 0.3 is 0 Å². The van der Waals surface area contributed by atoms with Gasteiger partial charge in [-0.2, -0.15) is 0 Å². The molecule has 2 heterocycles. The SMILES string of the molecule is Cc1ccc(-c2cc(C(F)F)nc3sc(C(N)=O)c(NC(=O)c4ccccc4F)c23)cc1. The Bertz CT molecular complexity index is 1350. The quantitative estimate of drug-likeness (QED) is 0.405. The number of hydrogen-bond acceptors (Lipinski definition) is 4. The molecule has 2 amide bonds. The van der Waals surface area contributed by atoms with Gasteiger partial charge in [0.1, 0.15) is 21.2 Å². The molecule has 4 aromatic rings. The molecular weight excluding hydrogens is 439 g/mol. The third kappa shape index (κ3) is 3.94. The van der Waals surface area contributed by atoms with Gasteiger partial charge in [-0.05, 0) is 36.2 Å². The molecule has 0 aliphatic heterocycles. The normalized spacial score (nSPS) is 11.2. The van der Waals surface area contributed by atoms with Gasteiger partial charge in [0, 0.05) is 5.39 Å². The van der Waals surface area contributed by atoms with E-state index in [-0.39, 0.29) is 26.3 Å². The number of nitrogens with zero attached hydrogens (tertiary/aromatic N) is 1. The molecule has 4 rings (SSSR count). The van der Waals surface area contributed by atoms with Gasteiger partial charge in [0.25, 0.3) is 18.2 Å². The lowest BCUT2D eigenvalue weighted by Gasteiger charge is -2.11. The fourth-order valence-electron chi connectivity index (χ4n) is 3.31. The number of amides is 2. The molecule has 3 N–H and O–H groups in total. The van der Waals surface area contributed by atoms with Crippen LogP contribution in [0.4, 0.5) is 18.9 Å². The van der Waals surface area contributed by atoms with Crippen LogP contribution in [0, 0.1) is 12.7 Å². The first kappa shape index (κ1) is 21.5. The lowest BCUT2D eigenvalue weighted by atomic mass is 10.00. The largest absolute Gasteiger partial charge is 0.365 e. The molecule has 0 saturated carbocycles. The summed E-state index contributed by atoms with van der Waals surface area (Å²) in [4.78, 5) is 28.9. The lowest BCUT2D eigenvalue weighted by molar-refractivity contribution is 0.100. The van der Waals surface area contributed by atoms with Crippen molar-refractivity contribution in [1.29, 1.82) is 0 Å². The van der Waals surface area contributed by atoms with Crippen molar-refractivity contribution in [2.45, 2.75) is 13.3 Å². The Morgan fingerprint density at radius 2 is 1.78 bits per heavy atom. The van der Waals surface area contributed by atoms with E-state index in [0.29, 0.717) is 11.1 Å². The number of rotatable bonds is 5. The summed E-state index contributed by atoms with van der Waals surface area (Å²) in [5, 5.41) is 2.82. The maximum atomic E-state index is 14.1. The van der Waals surface area contributed by atoms with Gasteiger partial charge in [0.2, 0.25) is 0 Å². The van der Waals surface area contributed by atoms with Crippen LogP contribution in [0.5, 0.6) is 0 Å². The molecule has 0 fully saturated rings. The second-order valence-electron chi connectivity index (χ2n) is 7.05. The van der Waals surface area contributed by atoms with Crippen LogP contribution in [-0.4, -0.2) is 16.8 Å². The zero-order valence-electron chi connectivity index (χ0n) is 16.7. The van der Waals surface area contributed by atoms with Crippen LogP contribution in [0.15, 0.2) is 54.6 Å². The number of alkyl halides is 2. The lowest BCUT2D eigenvalue weighted by Crippen LogP contribution is -2.17. The van der Waals surface area contributed by atoms with E-state index in [9.17, 15) is 22.8 Å². The molecule has 2 aromatic heterocycles. The third-order valence-electron chi connectivity index (χ3n) is 4.85. The summed E-state index contributed by atoms with van der Waals surface area (Å²) >= 11 is 0.789. The van der Waals surface area contributed by atoms with Crippen molar-refractivity contribution in [3.8, 4) is 11.1 Å². The maximum Gasteiger partial charge on any atom is 0.280 e. The van der Waals surface area contributed by atoms with E-state index in [1.807, 2.05) is 19.1 Å². The molecule has 0 aliphatic rings. The van der Waals surface area contributed by atoms with Gasteiger partial charge in [0.15, 0.2) is 0 Å². The number of nitrogens with one attached hydrogen (secondary N) is 1. The van der Waals surface area contributed by atoms with E-state index in [0.717, 1.165) is 23.0 Å². The van der Waals surface area contributed by atoms with Crippen molar-refractivity contribution >= 4 is 39.1 Å². The summed E-state index contributed by atoms with van der Waals surface area (Å²) < 4.78 is 41.2. The van der Waals surface area contributed by atoms with Gasteiger partial charge < -0.3 is 11.1 Å². The van der Waals surface area contributed by atoms with Gasteiger partial charge in [-0.1, -0.05) is 42.0 Å². The van der Waals surface area contributed by atoms with Gasteiger partial charge in [-0.15, -0.1) is 11.3 Å². The van der Waals surface area contributed by atoms with E-state index in [2.05, 4.69) is 10.3 Å². The number of hydrogen-bond donors (Lipinski definition) is 2. The number of thiophene rings is 1. The van der Waals surface area contributed by atoms with Gasteiger partial charge in [0.05, 0.1) is 11.3 Å². The number of anilines is 1. The molecule has 9 heteroatoms. The number of halogens is 3. The second kappa shape index (κ2) is 8.43. The Morgan fingerprint density at radius 1 is 1.09 bits per heavy atom. The number of pyridine rings is 1. The molecule has 0 bridgehead atoms. The van der Waals surface area contributed by atoms with Crippen molar-refractivity contribution in [1.82, 2.24) is 4.98 Å². The van der Waals surface area contributed by atoms with Crippen LogP contribution in [0.25, 0.3) is 21.3 Å². The van der Waals surface area contributed by atoms with E-state index in [1.165, 1.54) is 24.3 Å². The monoisotopic (exact) mass is 455 g/mol. The first-order valence-corrected chi connectivity index (χ1v) is 10.3. The molecule has 0 atom stereocenters. The van der Waals surface area contributed by atoms with Gasteiger partial charge in [-0.25, -0.2) is 18.2 Å². The summed E-state index contributed by atoms with van der Waals surface area (Å²) in [5.74, 6) is -2.43. The second-order valence-corrected chi connectivity index (χ2v) is 8.05. The fourth-order valence-corrected chi connectivity index (χ4v) is 4.32. The first-order chi connectivity index (χ1) is 15.3. The molecule has 5 nitrogen and oxygen atoms in total. The summed E-state index contributed by atoms with van der Waals surface area (Å²) in [7, 11) is 0.